The Balaban J connectivity index is 3.58. The fraction of sp³-hybridized carbons (Fsp3) is 1.00. The Morgan fingerprint density at radius 3 is 1.61 bits per heavy atom. The lowest BCUT2D eigenvalue weighted by atomic mass is 10.2. The maximum atomic E-state index is 5.84. The number of halogens is 2. The summed E-state index contributed by atoms with van der Waals surface area (Å²) >= 11 is 6.96. The topological polar surface area (TPSA) is 44.5 Å². The van der Waals surface area contributed by atoms with Gasteiger partial charge in [0.1, 0.15) is 10.0 Å². The Bertz CT molecular complexity index is 171. The van der Waals surface area contributed by atoms with Gasteiger partial charge in [0.05, 0.1) is 0 Å². The van der Waals surface area contributed by atoms with Gasteiger partial charge in [-0.2, -0.15) is 0 Å². The van der Waals surface area contributed by atoms with Crippen molar-refractivity contribution >= 4 is 40.4 Å². The van der Waals surface area contributed by atoms with E-state index in [1.54, 1.807) is 0 Å². The van der Waals surface area contributed by atoms with Crippen molar-refractivity contribution in [2.75, 3.05) is 0 Å². The molecule has 110 valence electrons. The first kappa shape index (κ1) is 19.3. The number of hydrogen-bond donors (Lipinski definition) is 1. The van der Waals surface area contributed by atoms with Crippen LogP contribution < -0.4 is 5.50 Å². The van der Waals surface area contributed by atoms with Crippen molar-refractivity contribution in [3.63, 3.8) is 0 Å². The summed E-state index contributed by atoms with van der Waals surface area (Å²) in [5.41, 5.74) is 5.84. The molecule has 0 rings (SSSR count). The average Bonchev–Trinajstić information content (AvgIpc) is 2.29. The van der Waals surface area contributed by atoms with Crippen molar-refractivity contribution in [3.05, 3.63) is 0 Å². The summed E-state index contributed by atoms with van der Waals surface area (Å²) in [6.07, 6.45) is 9.17. The van der Waals surface area contributed by atoms with E-state index in [4.69, 9.17) is 14.6 Å². The van der Waals surface area contributed by atoms with Crippen LogP contribution in [0.1, 0.15) is 65.2 Å². The first-order chi connectivity index (χ1) is 8.60. The molecule has 0 aliphatic carbocycles. The zero-order chi connectivity index (χ0) is 13.8. The average molecular weight is 407 g/mol. The quantitative estimate of drug-likeness (QED) is 0.252. The SMILES string of the molecule is CCCCCC(Br)OP(N)OC(Br)CCCCC. The summed E-state index contributed by atoms with van der Waals surface area (Å²) in [7, 11) is -1.29. The second-order valence-electron chi connectivity index (χ2n) is 4.31. The monoisotopic (exact) mass is 405 g/mol. The zero-order valence-electron chi connectivity index (χ0n) is 11.4. The van der Waals surface area contributed by atoms with Crippen molar-refractivity contribution < 1.29 is 9.05 Å². The van der Waals surface area contributed by atoms with E-state index in [0.29, 0.717) is 0 Å². The van der Waals surface area contributed by atoms with Crippen LogP contribution in [0, 0.1) is 0 Å². The predicted octanol–water partition coefficient (Wildman–Crippen LogP) is 5.81. The van der Waals surface area contributed by atoms with E-state index >= 15 is 0 Å². The lowest BCUT2D eigenvalue weighted by Gasteiger charge is -2.19. The highest BCUT2D eigenvalue weighted by atomic mass is 79.9. The molecular formula is C12H26Br2NO2P. The van der Waals surface area contributed by atoms with Crippen LogP contribution in [0.15, 0.2) is 0 Å². The van der Waals surface area contributed by atoms with Gasteiger partial charge >= 0.3 is 0 Å². The molecule has 2 unspecified atom stereocenters. The van der Waals surface area contributed by atoms with Crippen LogP contribution in [0.5, 0.6) is 0 Å². The number of nitrogens with two attached hydrogens (primary N) is 1. The normalized spacial score (nSPS) is 16.5. The molecule has 0 aromatic heterocycles. The molecule has 0 fully saturated rings. The van der Waals surface area contributed by atoms with E-state index in [1.165, 1.54) is 25.7 Å². The molecule has 2 N–H and O–H groups in total. The first-order valence-corrected chi connectivity index (χ1v) is 9.84. The minimum atomic E-state index is -1.29. The second-order valence-corrected chi connectivity index (χ2v) is 7.34. The van der Waals surface area contributed by atoms with Gasteiger partial charge in [0, 0.05) is 0 Å². The molecule has 0 heterocycles. The van der Waals surface area contributed by atoms with Crippen molar-refractivity contribution in [1.82, 2.24) is 0 Å². The van der Waals surface area contributed by atoms with E-state index in [9.17, 15) is 0 Å². The van der Waals surface area contributed by atoms with E-state index in [-0.39, 0.29) is 10.0 Å². The van der Waals surface area contributed by atoms with Crippen LogP contribution in [0.3, 0.4) is 0 Å². The third kappa shape index (κ3) is 12.3. The van der Waals surface area contributed by atoms with Crippen molar-refractivity contribution in [2.45, 2.75) is 75.2 Å². The van der Waals surface area contributed by atoms with Crippen molar-refractivity contribution in [2.24, 2.45) is 5.50 Å². The predicted molar refractivity (Wildman–Crippen MR) is 87.0 cm³/mol. The molecule has 3 nitrogen and oxygen atoms in total. The maximum Gasteiger partial charge on any atom is 0.255 e. The van der Waals surface area contributed by atoms with E-state index in [0.717, 1.165) is 25.7 Å². The number of unbranched alkanes of at least 4 members (excludes halogenated alkanes) is 4. The highest BCUT2D eigenvalue weighted by Gasteiger charge is 2.15. The van der Waals surface area contributed by atoms with Crippen LogP contribution in [0.25, 0.3) is 0 Å². The fourth-order valence-electron chi connectivity index (χ4n) is 1.47. The summed E-state index contributed by atoms with van der Waals surface area (Å²) in [4.78, 5) is 0. The largest absolute Gasteiger partial charge is 0.307 e. The van der Waals surface area contributed by atoms with Gasteiger partial charge in [0.15, 0.2) is 0 Å². The third-order valence-electron chi connectivity index (χ3n) is 2.51. The Kier molecular flexibility index (Phi) is 14.2. The summed E-state index contributed by atoms with van der Waals surface area (Å²) in [5.74, 6) is 0. The Hall–Kier alpha value is 1.27. The molecule has 0 aliphatic heterocycles. The number of rotatable bonds is 12. The van der Waals surface area contributed by atoms with Crippen molar-refractivity contribution in [3.8, 4) is 0 Å². The van der Waals surface area contributed by atoms with E-state index < -0.39 is 8.53 Å². The van der Waals surface area contributed by atoms with Gasteiger partial charge < -0.3 is 9.05 Å². The maximum absolute atomic E-state index is 5.84. The molecule has 0 radical (unpaired) electrons. The second kappa shape index (κ2) is 13.3. The molecule has 0 bridgehead atoms. The van der Waals surface area contributed by atoms with Gasteiger partial charge in [-0.05, 0) is 25.7 Å². The molecule has 0 amide bonds. The lowest BCUT2D eigenvalue weighted by molar-refractivity contribution is 0.214. The third-order valence-corrected chi connectivity index (χ3v) is 5.30. The highest BCUT2D eigenvalue weighted by Crippen LogP contribution is 2.37. The molecule has 0 aromatic rings. The Morgan fingerprint density at radius 1 is 0.889 bits per heavy atom. The van der Waals surface area contributed by atoms with Crippen molar-refractivity contribution in [1.29, 1.82) is 0 Å². The van der Waals surface area contributed by atoms with Crippen LogP contribution in [0.4, 0.5) is 0 Å². The standard InChI is InChI=1S/C12H26Br2NO2P/c1-3-5-7-9-11(13)16-18(15)17-12(14)10-8-6-4-2/h11-12H,3-10,15H2,1-2H3. The van der Waals surface area contributed by atoms with Crippen LogP contribution in [-0.2, 0) is 9.05 Å². The minimum Gasteiger partial charge on any atom is -0.307 e. The molecule has 2 atom stereocenters. The molecular weight excluding hydrogens is 381 g/mol. The Labute approximate surface area is 130 Å². The van der Waals surface area contributed by atoms with Crippen LogP contribution >= 0.6 is 40.4 Å². The number of hydrogen-bond acceptors (Lipinski definition) is 3. The van der Waals surface area contributed by atoms with Gasteiger partial charge in [-0.3, -0.25) is 5.50 Å². The van der Waals surface area contributed by atoms with Gasteiger partial charge in [-0.15, -0.1) is 0 Å². The minimum absolute atomic E-state index is 0.00972. The smallest absolute Gasteiger partial charge is 0.255 e. The van der Waals surface area contributed by atoms with Gasteiger partial charge in [0.2, 0.25) is 0 Å². The number of alkyl halides is 2. The molecule has 0 aromatic carbocycles. The molecule has 0 spiro atoms. The van der Waals surface area contributed by atoms with Crippen LogP contribution in [0.2, 0.25) is 0 Å². The lowest BCUT2D eigenvalue weighted by Crippen LogP contribution is -2.10. The molecule has 0 aliphatic rings. The molecule has 0 saturated carbocycles. The molecule has 0 saturated heterocycles. The zero-order valence-corrected chi connectivity index (χ0v) is 15.5. The summed E-state index contributed by atoms with van der Waals surface area (Å²) < 4.78 is 11.2. The summed E-state index contributed by atoms with van der Waals surface area (Å²) in [5, 5.41) is 0.0194. The molecule has 6 heteroatoms. The van der Waals surface area contributed by atoms with Gasteiger partial charge in [0.25, 0.3) is 8.53 Å². The molecule has 18 heavy (non-hydrogen) atoms. The van der Waals surface area contributed by atoms with Gasteiger partial charge in [-0.25, -0.2) is 0 Å². The fourth-order valence-corrected chi connectivity index (χ4v) is 3.81. The summed E-state index contributed by atoms with van der Waals surface area (Å²) in [6, 6.07) is 0. The Morgan fingerprint density at radius 2 is 1.28 bits per heavy atom. The highest BCUT2D eigenvalue weighted by molar-refractivity contribution is 9.09. The van der Waals surface area contributed by atoms with E-state index in [2.05, 4.69) is 45.7 Å². The van der Waals surface area contributed by atoms with Gasteiger partial charge in [-0.1, -0.05) is 71.4 Å². The van der Waals surface area contributed by atoms with Crippen LogP contribution in [-0.4, -0.2) is 10.0 Å². The summed E-state index contributed by atoms with van der Waals surface area (Å²) in [6.45, 7) is 4.38. The van der Waals surface area contributed by atoms with E-state index in [1.807, 2.05) is 0 Å². The first-order valence-electron chi connectivity index (χ1n) is 6.76.